The highest BCUT2D eigenvalue weighted by Gasteiger charge is 2.34. The number of amides is 1. The average Bonchev–Trinajstić information content (AvgIpc) is 3.13. The number of para-hydroxylation sites is 1. The van der Waals surface area contributed by atoms with E-state index in [0.29, 0.717) is 37.0 Å². The van der Waals surface area contributed by atoms with Crippen molar-refractivity contribution in [2.45, 2.75) is 37.5 Å². The zero-order chi connectivity index (χ0) is 18.4. The summed E-state index contributed by atoms with van der Waals surface area (Å²) in [6.45, 7) is 0.567. The highest BCUT2D eigenvalue weighted by molar-refractivity contribution is 5.96. The molecule has 1 atom stereocenters. The Hall–Kier alpha value is -3.03. The third kappa shape index (κ3) is 3.11. The van der Waals surface area contributed by atoms with Gasteiger partial charge in [0.25, 0.3) is 0 Å². The monoisotopic (exact) mass is 364 g/mol. The van der Waals surface area contributed by atoms with Crippen LogP contribution in [0.4, 0.5) is 5.69 Å². The number of nitrogens with zero attached hydrogens (tertiary/aromatic N) is 6. The molecule has 1 aliphatic heterocycles. The molecule has 0 N–H and O–H groups in total. The van der Waals surface area contributed by atoms with Gasteiger partial charge in [0.05, 0.1) is 6.42 Å². The van der Waals surface area contributed by atoms with E-state index in [4.69, 9.17) is 4.52 Å². The lowest BCUT2D eigenvalue weighted by molar-refractivity contribution is -0.117. The Balaban J connectivity index is 1.30. The SMILES string of the molecule is Cn1nc(C2CC2)nc1Cc1nc(C2CC(=O)N(c3ccccc3)C2)no1. The van der Waals surface area contributed by atoms with Gasteiger partial charge in [-0.25, -0.2) is 4.98 Å². The van der Waals surface area contributed by atoms with Crippen LogP contribution >= 0.6 is 0 Å². The zero-order valence-corrected chi connectivity index (χ0v) is 15.1. The van der Waals surface area contributed by atoms with E-state index in [-0.39, 0.29) is 11.8 Å². The molecule has 1 amide bonds. The number of aryl methyl sites for hydroxylation is 1. The molecule has 27 heavy (non-hydrogen) atoms. The highest BCUT2D eigenvalue weighted by Crippen LogP contribution is 2.38. The molecule has 8 heteroatoms. The number of hydrogen-bond donors (Lipinski definition) is 0. The maximum atomic E-state index is 12.4. The molecule has 1 aliphatic carbocycles. The van der Waals surface area contributed by atoms with E-state index in [2.05, 4.69) is 20.2 Å². The molecule has 5 rings (SSSR count). The van der Waals surface area contributed by atoms with Crippen molar-refractivity contribution in [2.75, 3.05) is 11.4 Å². The van der Waals surface area contributed by atoms with Crippen LogP contribution in [0.5, 0.6) is 0 Å². The Morgan fingerprint density at radius 3 is 2.70 bits per heavy atom. The average molecular weight is 364 g/mol. The van der Waals surface area contributed by atoms with E-state index in [1.807, 2.05) is 37.4 Å². The van der Waals surface area contributed by atoms with E-state index < -0.39 is 0 Å². The molecule has 2 fully saturated rings. The molecule has 0 radical (unpaired) electrons. The summed E-state index contributed by atoms with van der Waals surface area (Å²) in [5.74, 6) is 3.36. The van der Waals surface area contributed by atoms with E-state index in [0.717, 1.165) is 17.3 Å². The van der Waals surface area contributed by atoms with Crippen LogP contribution in [0.15, 0.2) is 34.9 Å². The van der Waals surface area contributed by atoms with Crippen LogP contribution in [0.2, 0.25) is 0 Å². The van der Waals surface area contributed by atoms with Gasteiger partial charge in [0.2, 0.25) is 11.8 Å². The molecule has 3 aromatic rings. The second kappa shape index (κ2) is 6.29. The fourth-order valence-corrected chi connectivity index (χ4v) is 3.49. The van der Waals surface area contributed by atoms with Crippen molar-refractivity contribution in [3.05, 3.63) is 53.7 Å². The lowest BCUT2D eigenvalue weighted by atomic mass is 10.1. The van der Waals surface area contributed by atoms with Gasteiger partial charge >= 0.3 is 0 Å². The van der Waals surface area contributed by atoms with E-state index in [9.17, 15) is 4.79 Å². The Kier molecular flexibility index (Phi) is 3.77. The van der Waals surface area contributed by atoms with Crippen LogP contribution in [0, 0.1) is 0 Å². The van der Waals surface area contributed by atoms with Crippen LogP contribution in [-0.4, -0.2) is 37.4 Å². The Bertz CT molecular complexity index is 975. The lowest BCUT2D eigenvalue weighted by Crippen LogP contribution is -2.24. The molecule has 0 bridgehead atoms. The van der Waals surface area contributed by atoms with Crippen molar-refractivity contribution in [3.63, 3.8) is 0 Å². The van der Waals surface area contributed by atoms with Gasteiger partial charge < -0.3 is 9.42 Å². The molecule has 8 nitrogen and oxygen atoms in total. The molecule has 1 saturated carbocycles. The summed E-state index contributed by atoms with van der Waals surface area (Å²) in [5, 5.41) is 8.59. The van der Waals surface area contributed by atoms with Crippen molar-refractivity contribution in [3.8, 4) is 0 Å². The standard InChI is InChI=1S/C19H20N6O2/c1-24-15(20-18(22-24)12-7-8-12)10-16-21-19(23-27-16)13-9-17(26)25(11-13)14-5-3-2-4-6-14/h2-6,12-13H,7-11H2,1H3. The molecular weight excluding hydrogens is 344 g/mol. The number of anilines is 1. The van der Waals surface area contributed by atoms with Crippen molar-refractivity contribution >= 4 is 11.6 Å². The van der Waals surface area contributed by atoms with Gasteiger partial charge in [-0.2, -0.15) is 10.1 Å². The molecular formula is C19H20N6O2. The van der Waals surface area contributed by atoms with Gasteiger partial charge in [0.1, 0.15) is 5.82 Å². The van der Waals surface area contributed by atoms with Crippen LogP contribution in [0.1, 0.15) is 54.5 Å². The summed E-state index contributed by atoms with van der Waals surface area (Å²) in [6.07, 6.45) is 3.18. The first-order chi connectivity index (χ1) is 13.2. The van der Waals surface area contributed by atoms with Crippen LogP contribution in [0.25, 0.3) is 0 Å². The number of hydrogen-bond acceptors (Lipinski definition) is 6. The third-order valence-corrected chi connectivity index (χ3v) is 5.16. The first kappa shape index (κ1) is 16.2. The van der Waals surface area contributed by atoms with Gasteiger partial charge in [-0.3, -0.25) is 9.48 Å². The van der Waals surface area contributed by atoms with E-state index in [1.165, 1.54) is 12.8 Å². The first-order valence-electron chi connectivity index (χ1n) is 9.25. The normalized spacial score (nSPS) is 19.8. The first-order valence-corrected chi connectivity index (χ1v) is 9.25. The molecule has 1 saturated heterocycles. The van der Waals surface area contributed by atoms with Gasteiger partial charge in [-0.1, -0.05) is 23.4 Å². The minimum Gasteiger partial charge on any atom is -0.339 e. The maximum Gasteiger partial charge on any atom is 0.234 e. The van der Waals surface area contributed by atoms with Gasteiger partial charge in [-0.15, -0.1) is 0 Å². The Labute approximate surface area is 156 Å². The van der Waals surface area contributed by atoms with E-state index in [1.54, 1.807) is 9.58 Å². The van der Waals surface area contributed by atoms with Gasteiger partial charge in [0.15, 0.2) is 11.6 Å². The minimum atomic E-state index is -0.0586. The summed E-state index contributed by atoms with van der Waals surface area (Å²) >= 11 is 0. The number of benzene rings is 1. The Morgan fingerprint density at radius 2 is 1.93 bits per heavy atom. The summed E-state index contributed by atoms with van der Waals surface area (Å²) in [4.78, 5) is 23.3. The summed E-state index contributed by atoms with van der Waals surface area (Å²) in [5.41, 5.74) is 0.903. The van der Waals surface area contributed by atoms with Gasteiger partial charge in [0, 0.05) is 37.5 Å². The highest BCUT2D eigenvalue weighted by atomic mass is 16.5. The van der Waals surface area contributed by atoms with Crippen LogP contribution < -0.4 is 4.90 Å². The second-order valence-electron chi connectivity index (χ2n) is 7.25. The second-order valence-corrected chi connectivity index (χ2v) is 7.25. The van der Waals surface area contributed by atoms with Crippen LogP contribution in [-0.2, 0) is 18.3 Å². The van der Waals surface area contributed by atoms with Gasteiger partial charge in [-0.05, 0) is 25.0 Å². The quantitative estimate of drug-likeness (QED) is 0.689. The van der Waals surface area contributed by atoms with Crippen molar-refractivity contribution in [1.82, 2.24) is 24.9 Å². The number of rotatable bonds is 5. The van der Waals surface area contributed by atoms with Crippen molar-refractivity contribution in [1.29, 1.82) is 0 Å². The number of carbonyl (C=O) groups excluding carboxylic acids is 1. The summed E-state index contributed by atoms with van der Waals surface area (Å²) in [7, 11) is 1.89. The molecule has 2 aromatic heterocycles. The smallest absolute Gasteiger partial charge is 0.234 e. The molecule has 1 unspecified atom stereocenters. The summed E-state index contributed by atoms with van der Waals surface area (Å²) in [6, 6.07) is 9.67. The van der Waals surface area contributed by atoms with Crippen molar-refractivity contribution in [2.24, 2.45) is 7.05 Å². The number of carbonyl (C=O) groups is 1. The predicted octanol–water partition coefficient (Wildman–Crippen LogP) is 2.19. The van der Waals surface area contributed by atoms with Crippen LogP contribution in [0.3, 0.4) is 0 Å². The molecule has 1 aromatic carbocycles. The molecule has 138 valence electrons. The molecule has 0 spiro atoms. The fourth-order valence-electron chi connectivity index (χ4n) is 3.49. The predicted molar refractivity (Wildman–Crippen MR) is 96.2 cm³/mol. The van der Waals surface area contributed by atoms with Crippen molar-refractivity contribution < 1.29 is 9.32 Å². The summed E-state index contributed by atoms with van der Waals surface area (Å²) < 4.78 is 7.21. The lowest BCUT2D eigenvalue weighted by Gasteiger charge is -2.15. The third-order valence-electron chi connectivity index (χ3n) is 5.16. The Morgan fingerprint density at radius 1 is 1.11 bits per heavy atom. The largest absolute Gasteiger partial charge is 0.339 e. The topological polar surface area (TPSA) is 89.9 Å². The fraction of sp³-hybridized carbons (Fsp3) is 0.421. The molecule has 2 aliphatic rings. The number of aromatic nitrogens is 5. The zero-order valence-electron chi connectivity index (χ0n) is 15.1. The maximum absolute atomic E-state index is 12.4. The van der Waals surface area contributed by atoms with E-state index >= 15 is 0 Å². The molecule has 3 heterocycles. The minimum absolute atomic E-state index is 0.0586.